The van der Waals surface area contributed by atoms with Gasteiger partial charge in [-0.05, 0) is 156 Å². The third-order valence-corrected chi connectivity index (χ3v) is 17.8. The van der Waals surface area contributed by atoms with Crippen LogP contribution in [0.25, 0.3) is 10.8 Å². The summed E-state index contributed by atoms with van der Waals surface area (Å²) in [6.45, 7) is 8.93. The molecule has 0 unspecified atom stereocenters. The van der Waals surface area contributed by atoms with E-state index in [1.807, 2.05) is 32.0 Å². The Kier molecular flexibility index (Phi) is 27.2. The van der Waals surface area contributed by atoms with Crippen LogP contribution in [0.3, 0.4) is 0 Å². The minimum absolute atomic E-state index is 0.0172. The summed E-state index contributed by atoms with van der Waals surface area (Å²) < 4.78 is 65.1. The molecular weight excluding hydrogens is 1240 g/mol. The number of aryl methyl sites for hydroxylation is 3. The smallest absolute Gasteiger partial charge is 0.294 e. The molecule has 0 aliphatic carbocycles. The van der Waals surface area contributed by atoms with Gasteiger partial charge < -0.3 is 67.9 Å². The highest BCUT2D eigenvalue weighted by molar-refractivity contribution is 7.86. The van der Waals surface area contributed by atoms with Crippen LogP contribution in [-0.4, -0.2) is 173 Å². The number of nitrogens with zero attached hydrogens (tertiary/aromatic N) is 2. The van der Waals surface area contributed by atoms with Crippen molar-refractivity contribution in [2.24, 2.45) is 11.5 Å². The fraction of sp³-hybridized carbons (Fsp3) is 0.462. The minimum atomic E-state index is -4.02. The number of benzene rings is 5. The van der Waals surface area contributed by atoms with E-state index in [0.29, 0.717) is 17.9 Å². The standard InChI is InChI=1S/C51H71N9O11.2C7H8O3S/c1-4-5-6-7-8-24-71-37-19-16-32-25-34(15-14-33(32)26-37)45(64)55-38-10-9-23-54-48(67)41-27-35(52)28-59(41)50(69)43(29(2)61)57-47(66)39(20-13-31-11-17-36(63)18-12-31)56-49(68)40-21-22-42(53)60(40)51(70)44(30(3)62)58-46(38)65;2*1-6-2-4-7(5-3-6)11(8,9)10/h11-12,14-19,25-26,29-30,35,38-44,61-63H,4-10,13,20-24,27-28,52-53H2,1-3H3,(H,54,67)(H,55,64)(H,56,68)(H,57,66)(H,58,65);2*2-5H,1H3,(H,8,9,10)/t29-,30+,35-,38-,39-,40-,41-,42+,43-,44-;;/m0../s1. The SMILES string of the molecule is CCCCCCCOc1ccc2cc(C(=O)N[C@H]3CCCNC(=O)[C@@H]4C[C@H](N)CN4C(=O)[C@H]([C@H](C)O)NC(=O)[C@H](CCc4ccc(O)cc4)NC(=O)[C@@H]4CC[C@H](N)N4C(=O)[C@H]([C@@H](C)O)NC3=O)ccc2c1.Cc1ccc(S(=O)(=O)O)cc1.Cc1ccc(S(=O)(=O)O)cc1. The van der Waals surface area contributed by atoms with E-state index >= 15 is 0 Å². The van der Waals surface area contributed by atoms with Crippen molar-refractivity contribution in [3.05, 3.63) is 131 Å². The number of carbonyl (C=O) groups excluding carboxylic acids is 7. The van der Waals surface area contributed by atoms with Gasteiger partial charge in [-0.25, -0.2) is 0 Å². The average molecular weight is 1330 g/mol. The number of hydrogen-bond acceptors (Lipinski definition) is 17. The van der Waals surface area contributed by atoms with Crippen molar-refractivity contribution in [3.63, 3.8) is 0 Å². The average Bonchev–Trinajstić information content (AvgIpc) is 1.76. The van der Waals surface area contributed by atoms with Crippen molar-refractivity contribution in [1.82, 2.24) is 36.4 Å². The molecule has 3 fully saturated rings. The Hall–Kier alpha value is -8.09. The predicted octanol–water partition coefficient (Wildman–Crippen LogP) is 3.44. The van der Waals surface area contributed by atoms with Crippen molar-refractivity contribution >= 4 is 72.4 Å². The summed E-state index contributed by atoms with van der Waals surface area (Å²) in [5, 5.41) is 46.8. The summed E-state index contributed by atoms with van der Waals surface area (Å²) in [5.74, 6) is -4.62. The number of fused-ring (bicyclic) bond motifs is 3. The number of rotatable bonds is 16. The summed E-state index contributed by atoms with van der Waals surface area (Å²) >= 11 is 0. The third kappa shape index (κ3) is 21.7. The molecule has 0 bridgehead atoms. The molecule has 0 saturated carbocycles. The molecule has 0 aromatic heterocycles. The number of ether oxygens (including phenoxy) is 1. The van der Waals surface area contributed by atoms with Crippen LogP contribution < -0.4 is 42.8 Å². The molecule has 93 heavy (non-hydrogen) atoms. The van der Waals surface area contributed by atoms with Crippen LogP contribution in [0.15, 0.2) is 119 Å². The predicted molar refractivity (Wildman–Crippen MR) is 345 cm³/mol. The van der Waals surface area contributed by atoms with Crippen LogP contribution in [0.2, 0.25) is 0 Å². The summed E-state index contributed by atoms with van der Waals surface area (Å²) in [6.07, 6.45) is 2.01. The largest absolute Gasteiger partial charge is 0.508 e. The lowest BCUT2D eigenvalue weighted by atomic mass is 10.0. The van der Waals surface area contributed by atoms with Gasteiger partial charge in [0.2, 0.25) is 35.4 Å². The Morgan fingerprint density at radius 3 is 1.83 bits per heavy atom. The summed E-state index contributed by atoms with van der Waals surface area (Å²) in [6, 6.07) is 19.9. The zero-order valence-electron chi connectivity index (χ0n) is 52.8. The van der Waals surface area contributed by atoms with Crippen molar-refractivity contribution in [3.8, 4) is 11.5 Å². The molecule has 8 rings (SSSR count). The molecule has 3 aliphatic heterocycles. The molecule has 14 N–H and O–H groups in total. The number of carbonyl (C=O) groups is 7. The zero-order valence-corrected chi connectivity index (χ0v) is 54.4. The first-order valence-corrected chi connectivity index (χ1v) is 33.9. The third-order valence-electron chi connectivity index (χ3n) is 16.1. The maximum atomic E-state index is 14.5. The number of aliphatic hydroxyl groups excluding tert-OH is 2. The van der Waals surface area contributed by atoms with E-state index in [2.05, 4.69) is 33.5 Å². The number of aliphatic hydroxyl groups is 2. The van der Waals surface area contributed by atoms with Crippen molar-refractivity contribution < 1.29 is 79.6 Å². The Morgan fingerprint density at radius 1 is 0.667 bits per heavy atom. The van der Waals surface area contributed by atoms with Crippen molar-refractivity contribution in [2.75, 3.05) is 19.7 Å². The van der Waals surface area contributed by atoms with Gasteiger partial charge in [-0.1, -0.05) is 92.3 Å². The van der Waals surface area contributed by atoms with Crippen LogP contribution in [0.1, 0.15) is 118 Å². The fourth-order valence-electron chi connectivity index (χ4n) is 10.8. The Balaban J connectivity index is 0.000000521. The Morgan fingerprint density at radius 2 is 1.24 bits per heavy atom. The number of phenolic OH excluding ortho intramolecular Hbond substituents is 1. The monoisotopic (exact) mass is 1330 g/mol. The second kappa shape index (κ2) is 34.2. The molecule has 7 amide bonds. The van der Waals surface area contributed by atoms with Crippen LogP contribution in [-0.2, 0) is 55.4 Å². The first-order chi connectivity index (χ1) is 43.9. The lowest BCUT2D eigenvalue weighted by Crippen LogP contribution is -2.63. The van der Waals surface area contributed by atoms with E-state index in [1.54, 1.807) is 54.6 Å². The van der Waals surface area contributed by atoms with Gasteiger partial charge in [0.25, 0.3) is 26.1 Å². The molecule has 10 atom stereocenters. The van der Waals surface area contributed by atoms with E-state index in [1.165, 1.54) is 61.6 Å². The molecule has 0 spiro atoms. The topological polar surface area (TPSA) is 417 Å². The van der Waals surface area contributed by atoms with Crippen molar-refractivity contribution in [1.29, 1.82) is 0 Å². The van der Waals surface area contributed by atoms with Gasteiger partial charge in [0, 0.05) is 24.7 Å². The number of phenols is 1. The van der Waals surface area contributed by atoms with Crippen LogP contribution in [0.5, 0.6) is 11.5 Å². The van der Waals surface area contributed by atoms with Gasteiger partial charge in [-0.2, -0.15) is 16.8 Å². The van der Waals surface area contributed by atoms with E-state index in [4.69, 9.17) is 25.3 Å². The van der Waals surface area contributed by atoms with Crippen LogP contribution in [0.4, 0.5) is 0 Å². The molecule has 28 heteroatoms. The second-order valence-corrected chi connectivity index (χ2v) is 26.5. The van der Waals surface area contributed by atoms with Gasteiger partial charge in [0.1, 0.15) is 47.8 Å². The number of hydrogen-bond donors (Lipinski definition) is 12. The van der Waals surface area contributed by atoms with E-state index in [-0.39, 0.29) is 79.1 Å². The molecule has 0 radical (unpaired) electrons. The number of nitrogens with one attached hydrogen (secondary N) is 5. The summed E-state index contributed by atoms with van der Waals surface area (Å²) in [7, 11) is -8.04. The normalized spacial score (nSPS) is 22.6. The molecule has 26 nitrogen and oxygen atoms in total. The number of amides is 7. The maximum Gasteiger partial charge on any atom is 0.294 e. The van der Waals surface area contributed by atoms with Gasteiger partial charge in [-0.3, -0.25) is 42.7 Å². The number of aromatic hydroxyl groups is 1. The van der Waals surface area contributed by atoms with E-state index in [9.17, 15) is 65.7 Å². The van der Waals surface area contributed by atoms with Gasteiger partial charge in [0.05, 0.1) is 34.8 Å². The first-order valence-electron chi connectivity index (χ1n) is 31.0. The summed E-state index contributed by atoms with van der Waals surface area (Å²) in [5.41, 5.74) is 15.6. The highest BCUT2D eigenvalue weighted by Gasteiger charge is 2.46. The van der Waals surface area contributed by atoms with Gasteiger partial charge >= 0.3 is 0 Å². The molecule has 5 aromatic carbocycles. The minimum Gasteiger partial charge on any atom is -0.508 e. The van der Waals surface area contributed by atoms with Crippen LogP contribution >= 0.6 is 0 Å². The number of unbranched alkanes of at least 4 members (excludes halogenated alkanes) is 4. The summed E-state index contributed by atoms with van der Waals surface area (Å²) in [4.78, 5) is 101. The maximum absolute atomic E-state index is 14.5. The highest BCUT2D eigenvalue weighted by Crippen LogP contribution is 2.27. The first kappa shape index (κ1) is 74.0. The quantitative estimate of drug-likeness (QED) is 0.0497. The Bertz CT molecular complexity index is 3540. The lowest BCUT2D eigenvalue weighted by molar-refractivity contribution is -0.146. The van der Waals surface area contributed by atoms with Crippen molar-refractivity contribution in [2.45, 2.75) is 182 Å². The van der Waals surface area contributed by atoms with Gasteiger partial charge in [0.15, 0.2) is 0 Å². The fourth-order valence-corrected chi connectivity index (χ4v) is 11.8. The molecule has 3 saturated heterocycles. The highest BCUT2D eigenvalue weighted by atomic mass is 32.2. The molecule has 3 heterocycles. The molecule has 506 valence electrons. The molecular formula is C65H87N9O17S2. The van der Waals surface area contributed by atoms with E-state index < -0.39 is 122 Å². The molecule has 3 aliphatic rings. The molecule has 5 aromatic rings. The second-order valence-electron chi connectivity index (χ2n) is 23.7. The van der Waals surface area contributed by atoms with Crippen LogP contribution in [0, 0.1) is 13.8 Å². The zero-order chi connectivity index (χ0) is 68.3. The number of nitrogens with two attached hydrogens (primary N) is 2. The lowest BCUT2D eigenvalue weighted by Gasteiger charge is -2.34. The van der Waals surface area contributed by atoms with Gasteiger partial charge in [-0.15, -0.1) is 0 Å². The Labute approximate surface area is 542 Å². The van der Waals surface area contributed by atoms with E-state index in [0.717, 1.165) is 52.5 Å².